The maximum absolute atomic E-state index is 12.2. The molecule has 3 heterocycles. The molecule has 0 saturated carbocycles. The number of thiophene rings is 1. The molecule has 9 nitrogen and oxygen atoms in total. The molecule has 24 heavy (non-hydrogen) atoms. The van der Waals surface area contributed by atoms with Gasteiger partial charge in [0.2, 0.25) is 10.0 Å². The van der Waals surface area contributed by atoms with Crippen molar-refractivity contribution in [2.75, 3.05) is 18.9 Å². The maximum Gasteiger partial charge on any atom is 0.321 e. The van der Waals surface area contributed by atoms with Crippen LogP contribution in [-0.4, -0.2) is 47.3 Å². The third-order valence-corrected chi connectivity index (χ3v) is 6.73. The molecule has 0 aromatic carbocycles. The highest BCUT2D eigenvalue weighted by molar-refractivity contribution is 7.89. The zero-order valence-corrected chi connectivity index (χ0v) is 15.1. The Labute approximate surface area is 143 Å². The first-order chi connectivity index (χ1) is 11.3. The molecular weight excluding hydrogens is 352 g/mol. The van der Waals surface area contributed by atoms with E-state index in [0.717, 1.165) is 0 Å². The van der Waals surface area contributed by atoms with Crippen molar-refractivity contribution in [3.63, 3.8) is 0 Å². The highest BCUT2D eigenvalue weighted by Gasteiger charge is 2.36. The van der Waals surface area contributed by atoms with Crippen LogP contribution < -0.4 is 10.6 Å². The molecule has 0 aliphatic carbocycles. The van der Waals surface area contributed by atoms with Crippen molar-refractivity contribution >= 4 is 33.2 Å². The van der Waals surface area contributed by atoms with Crippen LogP contribution in [0.15, 0.2) is 22.5 Å². The predicted molar refractivity (Wildman–Crippen MR) is 89.4 cm³/mol. The normalized spacial score (nSPS) is 19.9. The predicted octanol–water partition coefficient (Wildman–Crippen LogP) is 1.42. The topological polar surface area (TPSA) is 109 Å². The van der Waals surface area contributed by atoms with Gasteiger partial charge in [-0.1, -0.05) is 5.21 Å². The van der Waals surface area contributed by atoms with E-state index in [1.165, 1.54) is 22.7 Å². The fourth-order valence-corrected chi connectivity index (χ4v) is 5.09. The highest BCUT2D eigenvalue weighted by atomic mass is 32.2. The highest BCUT2D eigenvalue weighted by Crippen LogP contribution is 2.35. The third kappa shape index (κ3) is 3.01. The first-order valence-corrected chi connectivity index (χ1v) is 9.64. The second-order valence-electron chi connectivity index (χ2n) is 5.76. The van der Waals surface area contributed by atoms with E-state index in [0.29, 0.717) is 10.7 Å². The van der Waals surface area contributed by atoms with Gasteiger partial charge < -0.3 is 5.32 Å². The molecule has 0 radical (unpaired) electrons. The first kappa shape index (κ1) is 16.9. The number of hydrogen-bond acceptors (Lipinski definition) is 6. The van der Waals surface area contributed by atoms with E-state index in [-0.39, 0.29) is 17.5 Å². The van der Waals surface area contributed by atoms with Crippen molar-refractivity contribution in [3.05, 3.63) is 22.5 Å². The zero-order chi connectivity index (χ0) is 17.5. The average Bonchev–Trinajstić information content (AvgIpc) is 3.14. The number of likely N-dealkylation sites (N-methyl/N-ethyl adjacent to an activating group) is 1. The SMILES string of the molecule is CC(C)n1cc(NC(=O)NC2CN(C)S(=O)(=O)c3ccsc32)nn1. The van der Waals surface area contributed by atoms with Gasteiger partial charge in [0, 0.05) is 24.5 Å². The summed E-state index contributed by atoms with van der Waals surface area (Å²) in [6.45, 7) is 4.09. The Morgan fingerprint density at radius 3 is 2.88 bits per heavy atom. The molecule has 1 atom stereocenters. The number of rotatable bonds is 3. The van der Waals surface area contributed by atoms with Gasteiger partial charge in [-0.3, -0.25) is 5.32 Å². The quantitative estimate of drug-likeness (QED) is 0.849. The van der Waals surface area contributed by atoms with Gasteiger partial charge in [-0.25, -0.2) is 17.9 Å². The molecule has 2 aromatic rings. The van der Waals surface area contributed by atoms with Crippen molar-refractivity contribution < 1.29 is 13.2 Å². The van der Waals surface area contributed by atoms with E-state index < -0.39 is 22.1 Å². The van der Waals surface area contributed by atoms with Crippen LogP contribution in [0.5, 0.6) is 0 Å². The Morgan fingerprint density at radius 2 is 2.21 bits per heavy atom. The largest absolute Gasteiger partial charge is 0.329 e. The van der Waals surface area contributed by atoms with Gasteiger partial charge in [-0.2, -0.15) is 4.31 Å². The lowest BCUT2D eigenvalue weighted by Gasteiger charge is -2.29. The molecular formula is C13H18N6O3S2. The number of anilines is 1. The summed E-state index contributed by atoms with van der Waals surface area (Å²) < 4.78 is 27.3. The minimum absolute atomic E-state index is 0.141. The summed E-state index contributed by atoms with van der Waals surface area (Å²) in [6, 6.07) is 0.838. The lowest BCUT2D eigenvalue weighted by molar-refractivity contribution is 0.246. The van der Waals surface area contributed by atoms with Gasteiger partial charge in [-0.05, 0) is 25.3 Å². The van der Waals surface area contributed by atoms with Gasteiger partial charge in [0.05, 0.1) is 17.1 Å². The summed E-state index contributed by atoms with van der Waals surface area (Å²) in [5.41, 5.74) is 0. The van der Waals surface area contributed by atoms with Gasteiger partial charge in [0.25, 0.3) is 0 Å². The van der Waals surface area contributed by atoms with Crippen LogP contribution in [0.4, 0.5) is 10.6 Å². The molecule has 0 saturated heterocycles. The fourth-order valence-electron chi connectivity index (χ4n) is 2.39. The summed E-state index contributed by atoms with van der Waals surface area (Å²) in [5, 5.41) is 14.9. The molecule has 130 valence electrons. The number of carbonyl (C=O) groups excluding carboxylic acids is 1. The van der Waals surface area contributed by atoms with Crippen LogP contribution in [0.1, 0.15) is 30.8 Å². The molecule has 11 heteroatoms. The van der Waals surface area contributed by atoms with Crippen molar-refractivity contribution in [3.8, 4) is 0 Å². The van der Waals surface area contributed by atoms with E-state index in [2.05, 4.69) is 20.9 Å². The number of aromatic nitrogens is 3. The van der Waals surface area contributed by atoms with Crippen LogP contribution in [0, 0.1) is 0 Å². The van der Waals surface area contributed by atoms with E-state index in [4.69, 9.17) is 0 Å². The smallest absolute Gasteiger partial charge is 0.321 e. The molecule has 1 unspecified atom stereocenters. The second-order valence-corrected chi connectivity index (χ2v) is 8.72. The standard InChI is InChI=1S/C13H18N6O3S2/c1-8(2)19-7-11(16-17-19)15-13(20)14-9-6-18(3)24(21,22)10-4-5-23-12(9)10/h4-5,7-9H,6H2,1-3H3,(H2,14,15,20). The van der Waals surface area contributed by atoms with Crippen LogP contribution in [0.3, 0.4) is 0 Å². The third-order valence-electron chi connectivity index (χ3n) is 3.69. The number of sulfonamides is 1. The van der Waals surface area contributed by atoms with Crippen LogP contribution in [0.25, 0.3) is 0 Å². The molecule has 1 aliphatic rings. The lowest BCUT2D eigenvalue weighted by Crippen LogP contribution is -2.44. The molecule has 3 rings (SSSR count). The Bertz CT molecular complexity index is 857. The fraction of sp³-hybridized carbons (Fsp3) is 0.462. The van der Waals surface area contributed by atoms with Crippen molar-refractivity contribution in [2.45, 2.75) is 30.8 Å². The van der Waals surface area contributed by atoms with Gasteiger partial charge in [0.1, 0.15) is 0 Å². The van der Waals surface area contributed by atoms with Crippen LogP contribution in [-0.2, 0) is 10.0 Å². The number of amides is 2. The van der Waals surface area contributed by atoms with Gasteiger partial charge in [0.15, 0.2) is 5.82 Å². The molecule has 2 N–H and O–H groups in total. The molecule has 0 fully saturated rings. The summed E-state index contributed by atoms with van der Waals surface area (Å²) in [7, 11) is -1.97. The Kier molecular flexibility index (Phi) is 4.32. The Hall–Kier alpha value is -1.98. The minimum Gasteiger partial charge on any atom is -0.329 e. The van der Waals surface area contributed by atoms with Gasteiger partial charge in [-0.15, -0.1) is 16.4 Å². The second kappa shape index (κ2) is 6.15. The minimum atomic E-state index is -3.46. The maximum atomic E-state index is 12.2. The summed E-state index contributed by atoms with van der Waals surface area (Å²) in [4.78, 5) is 13.1. The number of fused-ring (bicyclic) bond motifs is 1. The number of urea groups is 1. The molecule has 1 aliphatic heterocycles. The first-order valence-electron chi connectivity index (χ1n) is 7.32. The molecule has 2 amide bonds. The molecule has 0 spiro atoms. The zero-order valence-electron chi connectivity index (χ0n) is 13.4. The van der Waals surface area contributed by atoms with E-state index in [9.17, 15) is 13.2 Å². The van der Waals surface area contributed by atoms with Crippen molar-refractivity contribution in [1.29, 1.82) is 0 Å². The Balaban J connectivity index is 1.73. The number of nitrogens with one attached hydrogen (secondary N) is 2. The summed E-state index contributed by atoms with van der Waals surface area (Å²) >= 11 is 1.31. The van der Waals surface area contributed by atoms with E-state index in [1.807, 2.05) is 13.8 Å². The number of nitrogens with zero attached hydrogens (tertiary/aromatic N) is 4. The summed E-state index contributed by atoms with van der Waals surface area (Å²) in [5.74, 6) is 0.337. The lowest BCUT2D eigenvalue weighted by atomic mass is 10.2. The van der Waals surface area contributed by atoms with Crippen molar-refractivity contribution in [1.82, 2.24) is 24.6 Å². The summed E-state index contributed by atoms with van der Waals surface area (Å²) in [6.07, 6.45) is 1.64. The van der Waals surface area contributed by atoms with E-state index in [1.54, 1.807) is 22.3 Å². The molecule has 2 aromatic heterocycles. The number of carbonyl (C=O) groups is 1. The monoisotopic (exact) mass is 370 g/mol. The van der Waals surface area contributed by atoms with E-state index >= 15 is 0 Å². The Morgan fingerprint density at radius 1 is 1.46 bits per heavy atom. The van der Waals surface area contributed by atoms with Crippen LogP contribution >= 0.6 is 11.3 Å². The van der Waals surface area contributed by atoms with Gasteiger partial charge >= 0.3 is 6.03 Å². The molecule has 0 bridgehead atoms. The van der Waals surface area contributed by atoms with Crippen molar-refractivity contribution in [2.24, 2.45) is 0 Å². The average molecular weight is 370 g/mol. The number of hydrogen-bond donors (Lipinski definition) is 2. The van der Waals surface area contributed by atoms with Crippen LogP contribution in [0.2, 0.25) is 0 Å².